The van der Waals surface area contributed by atoms with Gasteiger partial charge >= 0.3 is 0 Å². The van der Waals surface area contributed by atoms with Gasteiger partial charge in [0.15, 0.2) is 0 Å². The van der Waals surface area contributed by atoms with E-state index in [-0.39, 0.29) is 17.2 Å². The maximum Gasteiger partial charge on any atom is 0.247 e. The van der Waals surface area contributed by atoms with Crippen LogP contribution in [0.3, 0.4) is 0 Å². The molecule has 2 aliphatic heterocycles. The number of aromatic nitrogens is 1. The maximum atomic E-state index is 12.1. The number of hydrogen-bond acceptors (Lipinski definition) is 5. The van der Waals surface area contributed by atoms with Crippen LogP contribution in [0.25, 0.3) is 0 Å². The van der Waals surface area contributed by atoms with E-state index in [0.717, 1.165) is 5.56 Å². The van der Waals surface area contributed by atoms with Crippen molar-refractivity contribution in [2.45, 2.75) is 12.8 Å². The molecule has 1 aromatic heterocycles. The molecule has 0 aliphatic carbocycles. The zero-order chi connectivity index (χ0) is 15.9. The SMILES string of the molecule is CC1=C(C(N)=O)C(c2ccncc2)C(C#N)=C2SCC(=O)N12. The highest BCUT2D eigenvalue weighted by Crippen LogP contribution is 2.47. The van der Waals surface area contributed by atoms with Crippen LogP contribution < -0.4 is 5.73 Å². The molecule has 0 saturated carbocycles. The Hall–Kier alpha value is -2.59. The molecule has 2 aliphatic rings. The summed E-state index contributed by atoms with van der Waals surface area (Å²) < 4.78 is 0. The van der Waals surface area contributed by atoms with Crippen molar-refractivity contribution in [1.82, 2.24) is 9.88 Å². The molecule has 110 valence electrons. The molecule has 2 N–H and O–H groups in total. The zero-order valence-corrected chi connectivity index (χ0v) is 12.6. The number of nitrogens with zero attached hydrogens (tertiary/aromatic N) is 3. The lowest BCUT2D eigenvalue weighted by Gasteiger charge is -2.32. The summed E-state index contributed by atoms with van der Waals surface area (Å²) in [5, 5.41) is 10.2. The Bertz CT molecular complexity index is 776. The summed E-state index contributed by atoms with van der Waals surface area (Å²) in [5.74, 6) is -1.07. The molecule has 6 nitrogen and oxygen atoms in total. The quantitative estimate of drug-likeness (QED) is 0.885. The fraction of sp³-hybridized carbons (Fsp3) is 0.200. The van der Waals surface area contributed by atoms with Gasteiger partial charge in [-0.25, -0.2) is 0 Å². The summed E-state index contributed by atoms with van der Waals surface area (Å²) in [6.45, 7) is 1.69. The van der Waals surface area contributed by atoms with Gasteiger partial charge in [-0.05, 0) is 24.6 Å². The number of amides is 2. The number of hydrogen-bond donors (Lipinski definition) is 1. The molecule has 0 radical (unpaired) electrons. The van der Waals surface area contributed by atoms with Crippen molar-refractivity contribution in [3.8, 4) is 6.07 Å². The Labute approximate surface area is 131 Å². The number of carbonyl (C=O) groups is 2. The smallest absolute Gasteiger partial charge is 0.247 e. The molecule has 0 bridgehead atoms. The fourth-order valence-corrected chi connectivity index (χ4v) is 3.91. The Morgan fingerprint density at radius 1 is 1.50 bits per heavy atom. The molecule has 1 aromatic rings. The van der Waals surface area contributed by atoms with Crippen LogP contribution in [0.5, 0.6) is 0 Å². The van der Waals surface area contributed by atoms with E-state index in [1.54, 1.807) is 31.5 Å². The second-order valence-electron chi connectivity index (χ2n) is 4.93. The molecule has 1 saturated heterocycles. The predicted molar refractivity (Wildman–Crippen MR) is 80.8 cm³/mol. The monoisotopic (exact) mass is 312 g/mol. The summed E-state index contributed by atoms with van der Waals surface area (Å²) in [7, 11) is 0. The lowest BCUT2D eigenvalue weighted by molar-refractivity contribution is -0.124. The highest BCUT2D eigenvalue weighted by molar-refractivity contribution is 8.04. The third-order valence-electron chi connectivity index (χ3n) is 3.74. The van der Waals surface area contributed by atoms with Gasteiger partial charge in [-0.1, -0.05) is 11.8 Å². The normalized spacial score (nSPS) is 21.0. The summed E-state index contributed by atoms with van der Waals surface area (Å²) >= 11 is 1.31. The largest absolute Gasteiger partial charge is 0.366 e. The number of thioether (sulfide) groups is 1. The lowest BCUT2D eigenvalue weighted by Crippen LogP contribution is -2.34. The van der Waals surface area contributed by atoms with Crippen LogP contribution in [-0.4, -0.2) is 27.5 Å². The van der Waals surface area contributed by atoms with Gasteiger partial charge in [0.2, 0.25) is 11.8 Å². The van der Waals surface area contributed by atoms with E-state index in [1.807, 2.05) is 0 Å². The first-order valence-corrected chi connectivity index (χ1v) is 7.55. The number of carbonyl (C=O) groups excluding carboxylic acids is 2. The van der Waals surface area contributed by atoms with Crippen LogP contribution in [0.2, 0.25) is 0 Å². The molecule has 22 heavy (non-hydrogen) atoms. The minimum atomic E-state index is -0.629. The number of allylic oxidation sites excluding steroid dienone is 2. The Kier molecular flexibility index (Phi) is 3.47. The molecule has 2 amide bonds. The van der Waals surface area contributed by atoms with E-state index < -0.39 is 11.8 Å². The molecule has 1 fully saturated rings. The number of rotatable bonds is 2. The Morgan fingerprint density at radius 2 is 2.18 bits per heavy atom. The molecule has 3 rings (SSSR count). The second-order valence-corrected chi connectivity index (χ2v) is 5.89. The van der Waals surface area contributed by atoms with E-state index in [2.05, 4.69) is 11.1 Å². The van der Waals surface area contributed by atoms with E-state index >= 15 is 0 Å². The van der Waals surface area contributed by atoms with Crippen LogP contribution in [0.1, 0.15) is 18.4 Å². The summed E-state index contributed by atoms with van der Waals surface area (Å²) in [6, 6.07) is 5.64. The average Bonchev–Trinajstić information content (AvgIpc) is 2.90. The van der Waals surface area contributed by atoms with Gasteiger partial charge in [0, 0.05) is 23.7 Å². The second kappa shape index (κ2) is 5.31. The minimum absolute atomic E-state index is 0.142. The van der Waals surface area contributed by atoms with E-state index in [0.29, 0.717) is 16.3 Å². The van der Waals surface area contributed by atoms with E-state index in [4.69, 9.17) is 5.73 Å². The highest BCUT2D eigenvalue weighted by Gasteiger charge is 2.42. The first kappa shape index (κ1) is 14.4. The fourth-order valence-electron chi connectivity index (χ4n) is 2.83. The molecule has 3 heterocycles. The molecule has 1 atom stereocenters. The number of primary amides is 1. The summed E-state index contributed by atoms with van der Waals surface area (Å²) in [4.78, 5) is 29.4. The van der Waals surface area contributed by atoms with Crippen molar-refractivity contribution in [2.75, 3.05) is 5.75 Å². The van der Waals surface area contributed by atoms with Crippen molar-refractivity contribution in [1.29, 1.82) is 5.26 Å². The van der Waals surface area contributed by atoms with Gasteiger partial charge in [0.25, 0.3) is 0 Å². The topological polar surface area (TPSA) is 100 Å². The van der Waals surface area contributed by atoms with Gasteiger partial charge in [-0.2, -0.15) is 5.26 Å². The standard InChI is InChI=1S/C15H12N4O2S/c1-8-12(14(17)21)13(9-2-4-18-5-3-9)10(6-16)15-19(8)11(20)7-22-15/h2-5,13H,7H2,1H3,(H2,17,21). The summed E-state index contributed by atoms with van der Waals surface area (Å²) in [5.41, 5.74) is 7.45. The number of pyridine rings is 1. The van der Waals surface area contributed by atoms with Gasteiger partial charge in [0.1, 0.15) is 0 Å². The first-order chi connectivity index (χ1) is 10.6. The van der Waals surface area contributed by atoms with Gasteiger partial charge in [-0.15, -0.1) is 0 Å². The van der Waals surface area contributed by atoms with Crippen molar-refractivity contribution >= 4 is 23.6 Å². The van der Waals surface area contributed by atoms with Crippen molar-refractivity contribution in [3.05, 3.63) is 52.0 Å². The zero-order valence-electron chi connectivity index (χ0n) is 11.7. The van der Waals surface area contributed by atoms with Gasteiger partial charge in [-0.3, -0.25) is 19.5 Å². The number of nitriles is 1. The van der Waals surface area contributed by atoms with E-state index in [1.165, 1.54) is 16.7 Å². The molecule has 7 heteroatoms. The number of nitrogens with two attached hydrogens (primary N) is 1. The molecule has 1 unspecified atom stereocenters. The van der Waals surface area contributed by atoms with Crippen LogP contribution >= 0.6 is 11.8 Å². The molecule has 0 aromatic carbocycles. The third-order valence-corrected chi connectivity index (χ3v) is 4.81. The van der Waals surface area contributed by atoms with Crippen LogP contribution in [0.4, 0.5) is 0 Å². The maximum absolute atomic E-state index is 12.1. The van der Waals surface area contributed by atoms with Crippen LogP contribution in [0.15, 0.2) is 46.4 Å². The average molecular weight is 312 g/mol. The van der Waals surface area contributed by atoms with Crippen molar-refractivity contribution in [2.24, 2.45) is 5.73 Å². The highest BCUT2D eigenvalue weighted by atomic mass is 32.2. The van der Waals surface area contributed by atoms with Crippen LogP contribution in [-0.2, 0) is 9.59 Å². The Morgan fingerprint density at radius 3 is 2.77 bits per heavy atom. The first-order valence-electron chi connectivity index (χ1n) is 6.56. The van der Waals surface area contributed by atoms with Crippen molar-refractivity contribution in [3.63, 3.8) is 0 Å². The van der Waals surface area contributed by atoms with Crippen molar-refractivity contribution < 1.29 is 9.59 Å². The molecular formula is C15H12N4O2S. The predicted octanol–water partition coefficient (Wildman–Crippen LogP) is 1.25. The molecule has 0 spiro atoms. The number of fused-ring (bicyclic) bond motifs is 1. The van der Waals surface area contributed by atoms with E-state index in [9.17, 15) is 14.9 Å². The van der Waals surface area contributed by atoms with Gasteiger partial charge in [0.05, 0.1) is 28.3 Å². The Balaban J connectivity index is 2.28. The van der Waals surface area contributed by atoms with Gasteiger partial charge < -0.3 is 5.73 Å². The van der Waals surface area contributed by atoms with Crippen LogP contribution in [0, 0.1) is 11.3 Å². The minimum Gasteiger partial charge on any atom is -0.366 e. The lowest BCUT2D eigenvalue weighted by atomic mass is 9.82. The summed E-state index contributed by atoms with van der Waals surface area (Å²) in [6.07, 6.45) is 3.20. The molecular weight excluding hydrogens is 300 g/mol. The third kappa shape index (κ3) is 2.00.